The van der Waals surface area contributed by atoms with Gasteiger partial charge in [-0.3, -0.25) is 14.4 Å². The van der Waals surface area contributed by atoms with Crippen molar-refractivity contribution in [2.45, 2.75) is 33.1 Å². The van der Waals surface area contributed by atoms with E-state index in [4.69, 9.17) is 9.47 Å². The minimum atomic E-state index is -1.22. The molecule has 0 atom stereocenters. The van der Waals surface area contributed by atoms with E-state index in [-0.39, 0.29) is 24.6 Å². The van der Waals surface area contributed by atoms with Gasteiger partial charge < -0.3 is 9.47 Å². The average Bonchev–Trinajstić information content (AvgIpc) is 2.33. The topological polar surface area (TPSA) is 69.7 Å². The predicted molar refractivity (Wildman–Crippen MR) is 63.7 cm³/mol. The summed E-state index contributed by atoms with van der Waals surface area (Å²) in [5.41, 5.74) is 0.221. The molecule has 0 aromatic heterocycles. The van der Waals surface area contributed by atoms with Gasteiger partial charge in [0, 0.05) is 12.0 Å². The van der Waals surface area contributed by atoms with Crippen LogP contribution in [0, 0.1) is 5.92 Å². The summed E-state index contributed by atoms with van der Waals surface area (Å²) in [4.78, 5) is 35.3. The van der Waals surface area contributed by atoms with E-state index < -0.39 is 17.9 Å². The molecular formula is C13H18O5. The van der Waals surface area contributed by atoms with Gasteiger partial charge in [-0.05, 0) is 26.7 Å². The molecule has 1 aliphatic rings. The molecule has 5 nitrogen and oxygen atoms in total. The fourth-order valence-corrected chi connectivity index (χ4v) is 1.86. The fourth-order valence-electron chi connectivity index (χ4n) is 1.86. The number of hydrogen-bond donors (Lipinski definition) is 0. The van der Waals surface area contributed by atoms with E-state index >= 15 is 0 Å². The molecule has 100 valence electrons. The van der Waals surface area contributed by atoms with E-state index in [1.807, 2.05) is 0 Å². The van der Waals surface area contributed by atoms with Gasteiger partial charge in [0.15, 0.2) is 11.7 Å². The van der Waals surface area contributed by atoms with Crippen molar-refractivity contribution < 1.29 is 23.9 Å². The highest BCUT2D eigenvalue weighted by molar-refractivity contribution is 6.10. The van der Waals surface area contributed by atoms with Crippen LogP contribution in [0.1, 0.15) is 33.1 Å². The maximum atomic E-state index is 11.8. The second-order valence-electron chi connectivity index (χ2n) is 3.91. The minimum absolute atomic E-state index is 0.163. The number of hydrogen-bond acceptors (Lipinski definition) is 5. The van der Waals surface area contributed by atoms with Crippen molar-refractivity contribution in [1.82, 2.24) is 0 Å². The highest BCUT2D eigenvalue weighted by atomic mass is 16.6. The lowest BCUT2D eigenvalue weighted by atomic mass is 9.88. The van der Waals surface area contributed by atoms with Gasteiger partial charge in [-0.25, -0.2) is 0 Å². The van der Waals surface area contributed by atoms with E-state index in [9.17, 15) is 14.4 Å². The minimum Gasteiger partial charge on any atom is -0.465 e. The Kier molecular flexibility index (Phi) is 5.55. The van der Waals surface area contributed by atoms with Crippen LogP contribution in [0.3, 0.4) is 0 Å². The summed E-state index contributed by atoms with van der Waals surface area (Å²) >= 11 is 0. The SMILES string of the molecule is CCOC(=O)C(C(=O)OCC)C1=CCCCC1=O. The first kappa shape index (κ1) is 14.4. The quantitative estimate of drug-likeness (QED) is 0.548. The van der Waals surface area contributed by atoms with E-state index in [1.54, 1.807) is 19.9 Å². The Hall–Kier alpha value is -1.65. The van der Waals surface area contributed by atoms with Crippen molar-refractivity contribution >= 4 is 17.7 Å². The Morgan fingerprint density at radius 3 is 2.22 bits per heavy atom. The normalized spacial score (nSPS) is 15.3. The van der Waals surface area contributed by atoms with Gasteiger partial charge in [0.2, 0.25) is 0 Å². The van der Waals surface area contributed by atoms with Crippen LogP contribution in [0.25, 0.3) is 0 Å². The summed E-state index contributed by atoms with van der Waals surface area (Å²) in [6.07, 6.45) is 3.45. The molecule has 0 aliphatic heterocycles. The third kappa shape index (κ3) is 3.42. The van der Waals surface area contributed by atoms with Crippen LogP contribution in [-0.2, 0) is 23.9 Å². The van der Waals surface area contributed by atoms with Crippen molar-refractivity contribution in [2.24, 2.45) is 5.92 Å². The molecule has 1 aliphatic carbocycles. The summed E-state index contributed by atoms with van der Waals surface area (Å²) in [5, 5.41) is 0. The van der Waals surface area contributed by atoms with Crippen LogP contribution >= 0.6 is 0 Å². The van der Waals surface area contributed by atoms with Gasteiger partial charge in [0.25, 0.3) is 0 Å². The average molecular weight is 254 g/mol. The van der Waals surface area contributed by atoms with Crippen molar-refractivity contribution in [3.8, 4) is 0 Å². The first-order chi connectivity index (χ1) is 8.61. The van der Waals surface area contributed by atoms with Crippen LogP contribution < -0.4 is 0 Å². The molecule has 0 radical (unpaired) electrons. The van der Waals surface area contributed by atoms with Gasteiger partial charge in [0.05, 0.1) is 13.2 Å². The van der Waals surface area contributed by atoms with Crippen LogP contribution in [0.5, 0.6) is 0 Å². The van der Waals surface area contributed by atoms with Crippen molar-refractivity contribution in [3.63, 3.8) is 0 Å². The van der Waals surface area contributed by atoms with Gasteiger partial charge >= 0.3 is 11.9 Å². The molecule has 0 amide bonds. The maximum absolute atomic E-state index is 11.8. The number of Topliss-reactive ketones (excluding diaryl/α,β-unsaturated/α-hetero) is 1. The summed E-state index contributed by atoms with van der Waals surface area (Å²) in [6.45, 7) is 3.63. The fraction of sp³-hybridized carbons (Fsp3) is 0.615. The predicted octanol–water partition coefficient (Wildman–Crippen LogP) is 1.41. The number of carbonyl (C=O) groups excluding carboxylic acids is 3. The zero-order valence-electron chi connectivity index (χ0n) is 10.7. The lowest BCUT2D eigenvalue weighted by Gasteiger charge is -2.19. The molecule has 0 aromatic rings. The second kappa shape index (κ2) is 6.93. The highest BCUT2D eigenvalue weighted by Gasteiger charge is 2.37. The van der Waals surface area contributed by atoms with Crippen LogP contribution in [-0.4, -0.2) is 30.9 Å². The Morgan fingerprint density at radius 1 is 1.22 bits per heavy atom. The zero-order valence-corrected chi connectivity index (χ0v) is 10.7. The summed E-state index contributed by atoms with van der Waals surface area (Å²) in [5.74, 6) is -2.82. The van der Waals surface area contributed by atoms with E-state index in [0.717, 1.165) is 6.42 Å². The Bertz CT molecular complexity index is 352. The third-order valence-electron chi connectivity index (χ3n) is 2.65. The standard InChI is InChI=1S/C13H18O5/c1-3-17-12(15)11(13(16)18-4-2)9-7-5-6-8-10(9)14/h7,11H,3-6,8H2,1-2H3. The highest BCUT2D eigenvalue weighted by Crippen LogP contribution is 2.23. The molecule has 18 heavy (non-hydrogen) atoms. The molecule has 0 spiro atoms. The smallest absolute Gasteiger partial charge is 0.325 e. The maximum Gasteiger partial charge on any atom is 0.325 e. The monoisotopic (exact) mass is 254 g/mol. The number of rotatable bonds is 5. The molecule has 0 aromatic carbocycles. The van der Waals surface area contributed by atoms with Gasteiger partial charge in [-0.1, -0.05) is 6.08 Å². The summed E-state index contributed by atoms with van der Waals surface area (Å²) in [7, 11) is 0. The number of allylic oxidation sites excluding steroid dienone is 1. The molecule has 1 rings (SSSR count). The third-order valence-corrected chi connectivity index (χ3v) is 2.65. The number of ether oxygens (including phenoxy) is 2. The number of carbonyl (C=O) groups is 3. The van der Waals surface area contributed by atoms with Gasteiger partial charge in [-0.2, -0.15) is 0 Å². The lowest BCUT2D eigenvalue weighted by molar-refractivity contribution is -0.160. The second-order valence-corrected chi connectivity index (χ2v) is 3.91. The van der Waals surface area contributed by atoms with Gasteiger partial charge in [-0.15, -0.1) is 0 Å². The van der Waals surface area contributed by atoms with Crippen molar-refractivity contribution in [2.75, 3.05) is 13.2 Å². The Morgan fingerprint density at radius 2 is 1.78 bits per heavy atom. The Labute approximate surface area is 106 Å². The lowest BCUT2D eigenvalue weighted by Crippen LogP contribution is -2.33. The molecule has 0 saturated heterocycles. The Balaban J connectivity index is 2.95. The zero-order chi connectivity index (χ0) is 13.5. The molecule has 0 N–H and O–H groups in total. The molecule has 0 heterocycles. The molecule has 0 saturated carbocycles. The first-order valence-electron chi connectivity index (χ1n) is 6.18. The summed E-state index contributed by atoms with van der Waals surface area (Å²) < 4.78 is 9.68. The number of esters is 2. The first-order valence-corrected chi connectivity index (χ1v) is 6.18. The van der Waals surface area contributed by atoms with E-state index in [0.29, 0.717) is 12.8 Å². The molecular weight excluding hydrogens is 236 g/mol. The van der Waals surface area contributed by atoms with E-state index in [1.165, 1.54) is 0 Å². The number of ketones is 1. The molecule has 0 bridgehead atoms. The van der Waals surface area contributed by atoms with Crippen LogP contribution in [0.2, 0.25) is 0 Å². The molecule has 0 fully saturated rings. The largest absolute Gasteiger partial charge is 0.465 e. The summed E-state index contributed by atoms with van der Waals surface area (Å²) in [6, 6.07) is 0. The van der Waals surface area contributed by atoms with Crippen molar-refractivity contribution in [1.29, 1.82) is 0 Å². The van der Waals surface area contributed by atoms with Crippen LogP contribution in [0.15, 0.2) is 11.6 Å². The van der Waals surface area contributed by atoms with Crippen LogP contribution in [0.4, 0.5) is 0 Å². The molecule has 5 heteroatoms. The van der Waals surface area contributed by atoms with E-state index in [2.05, 4.69) is 0 Å². The van der Waals surface area contributed by atoms with Gasteiger partial charge in [0.1, 0.15) is 0 Å². The molecule has 0 unspecified atom stereocenters. The van der Waals surface area contributed by atoms with Crippen molar-refractivity contribution in [3.05, 3.63) is 11.6 Å².